The van der Waals surface area contributed by atoms with Gasteiger partial charge in [0.15, 0.2) is 0 Å². The number of halogens is 2. The van der Waals surface area contributed by atoms with E-state index < -0.39 is 0 Å². The van der Waals surface area contributed by atoms with E-state index in [2.05, 4.69) is 0 Å². The summed E-state index contributed by atoms with van der Waals surface area (Å²) in [6, 6.07) is 3.24. The van der Waals surface area contributed by atoms with Gasteiger partial charge in [0.05, 0.1) is 17.7 Å². The van der Waals surface area contributed by atoms with Gasteiger partial charge in [-0.1, -0.05) is 23.2 Å². The highest BCUT2D eigenvalue weighted by atomic mass is 35.5. The maximum atomic E-state index is 9.55. The van der Waals surface area contributed by atoms with Gasteiger partial charge in [-0.05, 0) is 17.7 Å². The lowest BCUT2D eigenvalue weighted by Gasteiger charge is -2.04. The van der Waals surface area contributed by atoms with E-state index in [-0.39, 0.29) is 11.9 Å². The van der Waals surface area contributed by atoms with Crippen LogP contribution < -0.4 is 0 Å². The fourth-order valence-corrected chi connectivity index (χ4v) is 1.74. The molecule has 1 aliphatic rings. The van der Waals surface area contributed by atoms with Crippen LogP contribution in [0.5, 0.6) is 5.75 Å². The predicted octanol–water partition coefficient (Wildman–Crippen LogP) is 2.64. The van der Waals surface area contributed by atoms with Crippen molar-refractivity contribution in [2.75, 3.05) is 6.61 Å². The van der Waals surface area contributed by atoms with Crippen LogP contribution in [0.15, 0.2) is 12.1 Å². The van der Waals surface area contributed by atoms with Crippen molar-refractivity contribution in [2.45, 2.75) is 12.5 Å². The van der Waals surface area contributed by atoms with Crippen molar-refractivity contribution in [1.29, 1.82) is 0 Å². The molecule has 2 rings (SSSR count). The molecule has 1 fully saturated rings. The second kappa shape index (κ2) is 3.37. The van der Waals surface area contributed by atoms with Crippen LogP contribution in [-0.4, -0.2) is 17.8 Å². The Morgan fingerprint density at radius 2 is 2.15 bits per heavy atom. The molecule has 0 aromatic heterocycles. The Labute approximate surface area is 86.0 Å². The van der Waals surface area contributed by atoms with Gasteiger partial charge in [-0.3, -0.25) is 0 Å². The first-order valence-corrected chi connectivity index (χ1v) is 4.71. The molecule has 13 heavy (non-hydrogen) atoms. The van der Waals surface area contributed by atoms with Gasteiger partial charge in [0, 0.05) is 11.4 Å². The number of hydrogen-bond acceptors (Lipinski definition) is 2. The van der Waals surface area contributed by atoms with Crippen molar-refractivity contribution in [1.82, 2.24) is 0 Å². The van der Waals surface area contributed by atoms with Gasteiger partial charge in [0.2, 0.25) is 0 Å². The van der Waals surface area contributed by atoms with E-state index in [1.54, 1.807) is 6.07 Å². The lowest BCUT2D eigenvalue weighted by molar-refractivity contribution is 0.402. The summed E-state index contributed by atoms with van der Waals surface area (Å²) in [4.78, 5) is 0. The highest BCUT2D eigenvalue weighted by Gasteiger charge is 2.24. The molecule has 1 aromatic carbocycles. The molecule has 1 N–H and O–H groups in total. The lowest BCUT2D eigenvalue weighted by atomic mass is 10.1. The van der Waals surface area contributed by atoms with Crippen LogP contribution in [0, 0.1) is 0 Å². The number of rotatable bonds is 2. The molecule has 0 amide bonds. The molecule has 0 spiro atoms. The van der Waals surface area contributed by atoms with Crippen molar-refractivity contribution in [2.24, 2.45) is 0 Å². The SMILES string of the molecule is Oc1c(Cl)cc(Cl)cc1CC1CO1. The van der Waals surface area contributed by atoms with E-state index >= 15 is 0 Å². The van der Waals surface area contributed by atoms with Crippen molar-refractivity contribution in [3.63, 3.8) is 0 Å². The van der Waals surface area contributed by atoms with Crippen molar-refractivity contribution < 1.29 is 9.84 Å². The molecule has 0 aliphatic carbocycles. The third-order valence-corrected chi connectivity index (χ3v) is 2.46. The van der Waals surface area contributed by atoms with E-state index in [0.29, 0.717) is 16.5 Å². The van der Waals surface area contributed by atoms with Gasteiger partial charge in [-0.2, -0.15) is 0 Å². The van der Waals surface area contributed by atoms with Gasteiger partial charge in [0.25, 0.3) is 0 Å². The van der Waals surface area contributed by atoms with Crippen LogP contribution in [0.4, 0.5) is 0 Å². The predicted molar refractivity (Wildman–Crippen MR) is 51.6 cm³/mol. The average Bonchev–Trinajstić information content (AvgIpc) is 2.83. The zero-order chi connectivity index (χ0) is 9.42. The lowest BCUT2D eigenvalue weighted by Crippen LogP contribution is -1.93. The van der Waals surface area contributed by atoms with Crippen molar-refractivity contribution >= 4 is 23.2 Å². The van der Waals surface area contributed by atoms with Crippen molar-refractivity contribution in [3.05, 3.63) is 27.7 Å². The molecule has 2 nitrogen and oxygen atoms in total. The molecule has 0 saturated carbocycles. The Hall–Kier alpha value is -0.440. The quantitative estimate of drug-likeness (QED) is 0.775. The Kier molecular flexibility index (Phi) is 2.37. The highest BCUT2D eigenvalue weighted by molar-refractivity contribution is 6.35. The molecule has 4 heteroatoms. The summed E-state index contributed by atoms with van der Waals surface area (Å²) in [5.74, 6) is 0.113. The first kappa shape index (κ1) is 9.13. The minimum Gasteiger partial charge on any atom is -0.506 e. The summed E-state index contributed by atoms with van der Waals surface area (Å²) in [5, 5.41) is 10.4. The van der Waals surface area contributed by atoms with Gasteiger partial charge in [-0.25, -0.2) is 0 Å². The van der Waals surface area contributed by atoms with Crippen LogP contribution in [0.1, 0.15) is 5.56 Å². The second-order valence-electron chi connectivity index (χ2n) is 3.05. The standard InChI is InChI=1S/C9H8Cl2O2/c10-6-1-5(2-7-4-13-7)9(12)8(11)3-6/h1,3,7,12H,2,4H2. The Morgan fingerprint density at radius 1 is 1.46 bits per heavy atom. The summed E-state index contributed by atoms with van der Waals surface area (Å²) in [5.41, 5.74) is 0.750. The van der Waals surface area contributed by atoms with E-state index in [9.17, 15) is 5.11 Å². The molecule has 1 heterocycles. The molecule has 0 radical (unpaired) electrons. The van der Waals surface area contributed by atoms with E-state index in [1.807, 2.05) is 0 Å². The fourth-order valence-electron chi connectivity index (χ4n) is 1.21. The topological polar surface area (TPSA) is 32.8 Å². The Balaban J connectivity index is 2.30. The number of epoxide rings is 1. The molecule has 1 atom stereocenters. The van der Waals surface area contributed by atoms with Crippen LogP contribution >= 0.6 is 23.2 Å². The van der Waals surface area contributed by atoms with Crippen LogP contribution in [0.2, 0.25) is 10.0 Å². The highest BCUT2D eigenvalue weighted by Crippen LogP contribution is 2.33. The van der Waals surface area contributed by atoms with Crippen LogP contribution in [0.25, 0.3) is 0 Å². The smallest absolute Gasteiger partial charge is 0.137 e. The summed E-state index contributed by atoms with van der Waals surface area (Å²) in [6.07, 6.45) is 0.895. The van der Waals surface area contributed by atoms with Crippen molar-refractivity contribution in [3.8, 4) is 5.75 Å². The molecule has 1 saturated heterocycles. The summed E-state index contributed by atoms with van der Waals surface area (Å²) in [6.45, 7) is 0.754. The minimum atomic E-state index is 0.113. The van der Waals surface area contributed by atoms with Gasteiger partial charge in [0.1, 0.15) is 5.75 Å². The number of phenolic OH excluding ortho intramolecular Hbond substituents is 1. The van der Waals surface area contributed by atoms with Crippen LogP contribution in [-0.2, 0) is 11.2 Å². The largest absolute Gasteiger partial charge is 0.506 e. The van der Waals surface area contributed by atoms with E-state index in [0.717, 1.165) is 12.2 Å². The molecular weight excluding hydrogens is 211 g/mol. The number of phenols is 1. The monoisotopic (exact) mass is 218 g/mol. The van der Waals surface area contributed by atoms with E-state index in [4.69, 9.17) is 27.9 Å². The van der Waals surface area contributed by atoms with Gasteiger partial charge in [-0.15, -0.1) is 0 Å². The first-order chi connectivity index (χ1) is 6.16. The Morgan fingerprint density at radius 3 is 2.77 bits per heavy atom. The molecule has 1 aliphatic heterocycles. The number of hydrogen-bond donors (Lipinski definition) is 1. The number of aromatic hydroxyl groups is 1. The number of ether oxygens (including phenoxy) is 1. The molecule has 1 unspecified atom stereocenters. The minimum absolute atomic E-state index is 0.113. The number of benzene rings is 1. The second-order valence-corrected chi connectivity index (χ2v) is 3.90. The molecule has 1 aromatic rings. The average molecular weight is 219 g/mol. The molecule has 0 bridgehead atoms. The normalized spacial score (nSPS) is 20.3. The zero-order valence-corrected chi connectivity index (χ0v) is 8.27. The summed E-state index contributed by atoms with van der Waals surface area (Å²) in [7, 11) is 0. The third kappa shape index (κ3) is 2.08. The first-order valence-electron chi connectivity index (χ1n) is 3.95. The fraction of sp³-hybridized carbons (Fsp3) is 0.333. The zero-order valence-electron chi connectivity index (χ0n) is 6.76. The maximum Gasteiger partial charge on any atom is 0.137 e. The maximum absolute atomic E-state index is 9.55. The Bertz CT molecular complexity index is 335. The summed E-state index contributed by atoms with van der Waals surface area (Å²) >= 11 is 11.5. The molecular formula is C9H8Cl2O2. The third-order valence-electron chi connectivity index (χ3n) is 1.96. The van der Waals surface area contributed by atoms with Gasteiger partial charge < -0.3 is 9.84 Å². The van der Waals surface area contributed by atoms with Crippen LogP contribution in [0.3, 0.4) is 0 Å². The van der Waals surface area contributed by atoms with Gasteiger partial charge >= 0.3 is 0 Å². The molecule has 70 valence electrons. The summed E-state index contributed by atoms with van der Waals surface area (Å²) < 4.78 is 5.05. The van der Waals surface area contributed by atoms with E-state index in [1.165, 1.54) is 6.07 Å².